The van der Waals surface area contributed by atoms with E-state index in [0.717, 1.165) is 17.1 Å². The van der Waals surface area contributed by atoms with Crippen molar-refractivity contribution in [2.75, 3.05) is 6.54 Å². The van der Waals surface area contributed by atoms with Crippen LogP contribution in [0.25, 0.3) is 0 Å². The number of carbonyl (C=O) groups excluding carboxylic acids is 1. The molecule has 0 aliphatic rings. The molecule has 0 radical (unpaired) electrons. The van der Waals surface area contributed by atoms with Gasteiger partial charge in [-0.15, -0.1) is 0 Å². The van der Waals surface area contributed by atoms with Gasteiger partial charge in [0.25, 0.3) is 5.91 Å². The Bertz CT molecular complexity index is 558. The first-order chi connectivity index (χ1) is 9.78. The van der Waals surface area contributed by atoms with Crippen molar-refractivity contribution in [3.8, 4) is 11.5 Å². The molecule has 0 spiro atoms. The van der Waals surface area contributed by atoms with E-state index in [-0.39, 0.29) is 6.54 Å². The largest absolute Gasteiger partial charge is 0.457 e. The molecule has 0 heterocycles. The van der Waals surface area contributed by atoms with Crippen molar-refractivity contribution in [1.82, 2.24) is 10.8 Å². The normalized spacial score (nSPS) is 10.1. The first-order valence-corrected chi connectivity index (χ1v) is 6.23. The van der Waals surface area contributed by atoms with Crippen molar-refractivity contribution in [3.05, 3.63) is 60.2 Å². The number of amides is 1. The van der Waals surface area contributed by atoms with E-state index in [4.69, 9.17) is 9.94 Å². The molecular formula is C15H16N2O3. The van der Waals surface area contributed by atoms with Crippen molar-refractivity contribution >= 4 is 5.91 Å². The highest BCUT2D eigenvalue weighted by Gasteiger charge is 2.01. The van der Waals surface area contributed by atoms with Crippen LogP contribution in [0.4, 0.5) is 0 Å². The smallest absolute Gasteiger partial charge is 0.257 e. The minimum Gasteiger partial charge on any atom is -0.457 e. The Morgan fingerprint density at radius 3 is 2.55 bits per heavy atom. The third kappa shape index (κ3) is 4.38. The second-order valence-corrected chi connectivity index (χ2v) is 4.20. The predicted molar refractivity (Wildman–Crippen MR) is 74.6 cm³/mol. The van der Waals surface area contributed by atoms with Gasteiger partial charge in [0.15, 0.2) is 0 Å². The summed E-state index contributed by atoms with van der Waals surface area (Å²) in [6.07, 6.45) is 0. The van der Waals surface area contributed by atoms with Crippen LogP contribution in [0, 0.1) is 0 Å². The highest BCUT2D eigenvalue weighted by molar-refractivity contribution is 5.76. The number of hydrogen-bond acceptors (Lipinski definition) is 4. The third-order valence-electron chi connectivity index (χ3n) is 2.62. The van der Waals surface area contributed by atoms with Crippen molar-refractivity contribution < 1.29 is 14.7 Å². The standard InChI is InChI=1S/C15H16N2O3/c18-15(17-19)11-16-10-12-5-4-8-14(9-12)20-13-6-2-1-3-7-13/h1-9,16,19H,10-11H2,(H,17,18). The Morgan fingerprint density at radius 2 is 1.80 bits per heavy atom. The van der Waals surface area contributed by atoms with Crippen molar-refractivity contribution in [3.63, 3.8) is 0 Å². The van der Waals surface area contributed by atoms with Gasteiger partial charge in [0.2, 0.25) is 0 Å². The van der Waals surface area contributed by atoms with E-state index in [1.807, 2.05) is 54.6 Å². The highest BCUT2D eigenvalue weighted by Crippen LogP contribution is 2.21. The van der Waals surface area contributed by atoms with Gasteiger partial charge in [0.05, 0.1) is 6.54 Å². The number of hydroxylamine groups is 1. The lowest BCUT2D eigenvalue weighted by Crippen LogP contribution is -2.31. The van der Waals surface area contributed by atoms with Gasteiger partial charge in [-0.05, 0) is 29.8 Å². The number of para-hydroxylation sites is 1. The number of hydrogen-bond donors (Lipinski definition) is 3. The molecule has 1 amide bonds. The van der Waals surface area contributed by atoms with E-state index in [0.29, 0.717) is 6.54 Å². The SMILES string of the molecule is O=C(CNCc1cccc(Oc2ccccc2)c1)NO. The minimum absolute atomic E-state index is 0.0558. The molecule has 0 saturated heterocycles. The first kappa shape index (κ1) is 14.0. The summed E-state index contributed by atoms with van der Waals surface area (Å²) in [5.74, 6) is 1.04. The maximum absolute atomic E-state index is 10.9. The zero-order chi connectivity index (χ0) is 14.2. The van der Waals surface area contributed by atoms with E-state index in [2.05, 4.69) is 5.32 Å². The number of benzene rings is 2. The van der Waals surface area contributed by atoms with Crippen molar-refractivity contribution in [2.45, 2.75) is 6.54 Å². The molecule has 0 aromatic heterocycles. The fraction of sp³-hybridized carbons (Fsp3) is 0.133. The average molecular weight is 272 g/mol. The summed E-state index contributed by atoms with van der Waals surface area (Å²) in [6.45, 7) is 0.569. The van der Waals surface area contributed by atoms with Crippen LogP contribution < -0.4 is 15.5 Å². The summed E-state index contributed by atoms with van der Waals surface area (Å²) in [7, 11) is 0. The molecule has 0 saturated carbocycles. The zero-order valence-corrected chi connectivity index (χ0v) is 10.9. The number of nitrogens with one attached hydrogen (secondary N) is 2. The Hall–Kier alpha value is -2.37. The van der Waals surface area contributed by atoms with Crippen LogP contribution in [0.2, 0.25) is 0 Å². The topological polar surface area (TPSA) is 70.6 Å². The molecule has 2 aromatic carbocycles. The second kappa shape index (κ2) is 7.28. The molecule has 0 aliphatic carbocycles. The molecule has 0 atom stereocenters. The summed E-state index contributed by atoms with van der Waals surface area (Å²) >= 11 is 0. The first-order valence-electron chi connectivity index (χ1n) is 6.23. The lowest BCUT2D eigenvalue weighted by molar-refractivity contribution is -0.128. The summed E-state index contributed by atoms with van der Waals surface area (Å²) in [4.78, 5) is 10.9. The number of ether oxygens (including phenoxy) is 1. The van der Waals surface area contributed by atoms with Crippen LogP contribution in [0.5, 0.6) is 11.5 Å². The average Bonchev–Trinajstić information content (AvgIpc) is 2.48. The van der Waals surface area contributed by atoms with Gasteiger partial charge in [0.1, 0.15) is 11.5 Å². The molecule has 0 aliphatic heterocycles. The van der Waals surface area contributed by atoms with Crippen LogP contribution >= 0.6 is 0 Å². The third-order valence-corrected chi connectivity index (χ3v) is 2.62. The van der Waals surface area contributed by atoms with E-state index in [1.54, 1.807) is 5.48 Å². The minimum atomic E-state index is -0.471. The molecule has 20 heavy (non-hydrogen) atoms. The fourth-order valence-electron chi connectivity index (χ4n) is 1.70. The van der Waals surface area contributed by atoms with Gasteiger partial charge in [-0.3, -0.25) is 10.0 Å². The van der Waals surface area contributed by atoms with Gasteiger partial charge < -0.3 is 10.1 Å². The molecule has 0 unspecified atom stereocenters. The second-order valence-electron chi connectivity index (χ2n) is 4.20. The molecule has 3 N–H and O–H groups in total. The highest BCUT2D eigenvalue weighted by atomic mass is 16.5. The van der Waals surface area contributed by atoms with Crippen LogP contribution in [0.1, 0.15) is 5.56 Å². The van der Waals surface area contributed by atoms with E-state index in [1.165, 1.54) is 0 Å². The van der Waals surface area contributed by atoms with E-state index >= 15 is 0 Å². The molecule has 0 bridgehead atoms. The quantitative estimate of drug-likeness (QED) is 0.556. The lowest BCUT2D eigenvalue weighted by atomic mass is 10.2. The summed E-state index contributed by atoms with van der Waals surface area (Å²) < 4.78 is 5.72. The Balaban J connectivity index is 1.92. The lowest BCUT2D eigenvalue weighted by Gasteiger charge is -2.08. The van der Waals surface area contributed by atoms with E-state index < -0.39 is 5.91 Å². The summed E-state index contributed by atoms with van der Waals surface area (Å²) in [6, 6.07) is 17.1. The van der Waals surface area contributed by atoms with Gasteiger partial charge in [-0.1, -0.05) is 30.3 Å². The summed E-state index contributed by atoms with van der Waals surface area (Å²) in [5.41, 5.74) is 2.56. The predicted octanol–water partition coefficient (Wildman–Crippen LogP) is 2.07. The van der Waals surface area contributed by atoms with E-state index in [9.17, 15) is 4.79 Å². The zero-order valence-electron chi connectivity index (χ0n) is 10.9. The Kier molecular flexibility index (Phi) is 5.11. The van der Waals surface area contributed by atoms with Crippen LogP contribution in [0.15, 0.2) is 54.6 Å². The molecule has 104 valence electrons. The van der Waals surface area contributed by atoms with Gasteiger partial charge >= 0.3 is 0 Å². The van der Waals surface area contributed by atoms with Crippen LogP contribution in [-0.4, -0.2) is 17.7 Å². The molecular weight excluding hydrogens is 256 g/mol. The summed E-state index contributed by atoms with van der Waals surface area (Å²) in [5, 5.41) is 11.3. The molecule has 2 rings (SSSR count). The maximum atomic E-state index is 10.9. The van der Waals surface area contributed by atoms with Crippen LogP contribution in [0.3, 0.4) is 0 Å². The fourth-order valence-corrected chi connectivity index (χ4v) is 1.70. The Morgan fingerprint density at radius 1 is 1.05 bits per heavy atom. The molecule has 2 aromatic rings. The molecule has 0 fully saturated rings. The van der Waals surface area contributed by atoms with Crippen molar-refractivity contribution in [2.24, 2.45) is 0 Å². The molecule has 5 nitrogen and oxygen atoms in total. The van der Waals surface area contributed by atoms with Gasteiger partial charge in [-0.2, -0.15) is 0 Å². The van der Waals surface area contributed by atoms with Crippen LogP contribution in [-0.2, 0) is 11.3 Å². The van der Waals surface area contributed by atoms with Gasteiger partial charge in [-0.25, -0.2) is 5.48 Å². The number of rotatable bonds is 6. The Labute approximate surface area is 117 Å². The van der Waals surface area contributed by atoms with Crippen molar-refractivity contribution in [1.29, 1.82) is 0 Å². The number of carbonyl (C=O) groups is 1. The maximum Gasteiger partial charge on any atom is 0.257 e. The monoisotopic (exact) mass is 272 g/mol. The molecule has 5 heteroatoms. The van der Waals surface area contributed by atoms with Gasteiger partial charge in [0, 0.05) is 6.54 Å².